The first kappa shape index (κ1) is 13.9. The van der Waals surface area contributed by atoms with Crippen LogP contribution >= 0.6 is 0 Å². The molecule has 18 heavy (non-hydrogen) atoms. The number of nitrogens with zero attached hydrogens (tertiary/aromatic N) is 1. The Balaban J connectivity index is 1.94. The van der Waals surface area contributed by atoms with Gasteiger partial charge >= 0.3 is 0 Å². The summed E-state index contributed by atoms with van der Waals surface area (Å²) in [4.78, 5) is 14.7. The van der Waals surface area contributed by atoms with Crippen LogP contribution < -0.4 is 0 Å². The Morgan fingerprint density at radius 2 is 1.94 bits per heavy atom. The Morgan fingerprint density at radius 3 is 2.44 bits per heavy atom. The van der Waals surface area contributed by atoms with Crippen molar-refractivity contribution in [3.8, 4) is 0 Å². The Bertz CT molecular complexity index is 280. The zero-order valence-corrected chi connectivity index (χ0v) is 11.9. The first-order chi connectivity index (χ1) is 8.71. The van der Waals surface area contributed by atoms with Gasteiger partial charge in [0, 0.05) is 32.2 Å². The van der Waals surface area contributed by atoms with Gasteiger partial charge in [-0.15, -0.1) is 0 Å². The summed E-state index contributed by atoms with van der Waals surface area (Å²) in [5.74, 6) is 0.392. The predicted molar refractivity (Wildman–Crippen MR) is 72.4 cm³/mol. The third-order valence-corrected chi connectivity index (χ3v) is 4.60. The van der Waals surface area contributed by atoms with E-state index in [-0.39, 0.29) is 5.41 Å². The molecule has 0 bridgehead atoms. The highest BCUT2D eigenvalue weighted by Gasteiger charge is 2.38. The molecule has 0 N–H and O–H groups in total. The maximum absolute atomic E-state index is 12.5. The molecule has 0 atom stereocenters. The lowest BCUT2D eigenvalue weighted by Gasteiger charge is -2.37. The first-order valence-corrected chi connectivity index (χ1v) is 7.58. The molecule has 0 aromatic heterocycles. The molecule has 1 amide bonds. The van der Waals surface area contributed by atoms with E-state index < -0.39 is 0 Å². The Hall–Kier alpha value is -0.570. The lowest BCUT2D eigenvalue weighted by Crippen LogP contribution is -2.39. The molecular weight excluding hydrogens is 226 g/mol. The molecule has 0 aromatic carbocycles. The summed E-state index contributed by atoms with van der Waals surface area (Å²) < 4.78 is 5.45. The zero-order valence-electron chi connectivity index (χ0n) is 11.9. The second-order valence-electron chi connectivity index (χ2n) is 5.96. The maximum Gasteiger partial charge on any atom is 0.223 e. The summed E-state index contributed by atoms with van der Waals surface area (Å²) in [6, 6.07) is 0.561. The van der Waals surface area contributed by atoms with E-state index in [0.717, 1.165) is 51.9 Å². The minimum Gasteiger partial charge on any atom is -0.381 e. The summed E-state index contributed by atoms with van der Waals surface area (Å²) in [7, 11) is 0. The predicted octanol–water partition coefficient (Wildman–Crippen LogP) is 2.98. The number of carbonyl (C=O) groups excluding carboxylic acids is 1. The number of rotatable bonds is 6. The van der Waals surface area contributed by atoms with Crippen LogP contribution in [-0.2, 0) is 9.53 Å². The van der Waals surface area contributed by atoms with Crippen LogP contribution in [0.25, 0.3) is 0 Å². The average Bonchev–Trinajstić information content (AvgIpc) is 3.21. The largest absolute Gasteiger partial charge is 0.381 e. The average molecular weight is 253 g/mol. The molecule has 0 radical (unpaired) electrons. The second kappa shape index (κ2) is 6.05. The van der Waals surface area contributed by atoms with Crippen LogP contribution in [0, 0.1) is 5.41 Å². The molecule has 0 spiro atoms. The topological polar surface area (TPSA) is 29.5 Å². The van der Waals surface area contributed by atoms with E-state index in [0.29, 0.717) is 11.9 Å². The molecule has 1 saturated heterocycles. The first-order valence-electron chi connectivity index (χ1n) is 7.58. The molecule has 1 aliphatic carbocycles. The molecule has 0 unspecified atom stereocenters. The molecule has 1 aliphatic heterocycles. The number of hydrogen-bond donors (Lipinski definition) is 0. The fraction of sp³-hybridized carbons (Fsp3) is 0.933. The van der Waals surface area contributed by atoms with Gasteiger partial charge in [0.05, 0.1) is 0 Å². The van der Waals surface area contributed by atoms with Gasteiger partial charge in [0.15, 0.2) is 0 Å². The van der Waals surface area contributed by atoms with Crippen molar-refractivity contribution < 1.29 is 9.53 Å². The molecule has 2 fully saturated rings. The Kier molecular flexibility index (Phi) is 4.66. The fourth-order valence-electron chi connectivity index (χ4n) is 3.02. The van der Waals surface area contributed by atoms with Gasteiger partial charge in [0.2, 0.25) is 5.91 Å². The lowest BCUT2D eigenvalue weighted by atomic mass is 9.75. The quantitative estimate of drug-likeness (QED) is 0.728. The molecule has 1 heterocycles. The van der Waals surface area contributed by atoms with Crippen molar-refractivity contribution in [3.63, 3.8) is 0 Å². The molecule has 3 nitrogen and oxygen atoms in total. The molecule has 1 saturated carbocycles. The van der Waals surface area contributed by atoms with Crippen molar-refractivity contribution in [1.29, 1.82) is 0 Å². The number of carbonyl (C=O) groups is 1. The second-order valence-corrected chi connectivity index (χ2v) is 5.96. The Labute approximate surface area is 111 Å². The van der Waals surface area contributed by atoms with Crippen LogP contribution in [0.1, 0.15) is 58.8 Å². The summed E-state index contributed by atoms with van der Waals surface area (Å²) >= 11 is 0. The summed E-state index contributed by atoms with van der Waals surface area (Å²) in [6.07, 6.45) is 7.46. The van der Waals surface area contributed by atoms with Crippen molar-refractivity contribution in [2.45, 2.75) is 64.8 Å². The van der Waals surface area contributed by atoms with Gasteiger partial charge in [-0.05, 0) is 43.9 Å². The molecule has 104 valence electrons. The third-order valence-electron chi connectivity index (χ3n) is 4.60. The summed E-state index contributed by atoms with van der Waals surface area (Å²) in [6.45, 7) is 6.99. The van der Waals surface area contributed by atoms with Gasteiger partial charge < -0.3 is 9.64 Å². The highest BCUT2D eigenvalue weighted by atomic mass is 16.5. The SMILES string of the molecule is CCCN(C(=O)CC1(CC)CCOCC1)C1CC1. The number of amides is 1. The van der Waals surface area contributed by atoms with E-state index in [1.807, 2.05) is 0 Å². The summed E-state index contributed by atoms with van der Waals surface area (Å²) in [5, 5.41) is 0. The van der Waals surface area contributed by atoms with Crippen molar-refractivity contribution in [2.24, 2.45) is 5.41 Å². The van der Waals surface area contributed by atoms with E-state index in [2.05, 4.69) is 18.7 Å². The Morgan fingerprint density at radius 1 is 1.28 bits per heavy atom. The minimum absolute atomic E-state index is 0.218. The highest BCUT2D eigenvalue weighted by molar-refractivity contribution is 5.77. The lowest BCUT2D eigenvalue weighted by molar-refractivity contribution is -0.136. The van der Waals surface area contributed by atoms with Gasteiger partial charge in [-0.3, -0.25) is 4.79 Å². The van der Waals surface area contributed by atoms with Crippen LogP contribution in [0.3, 0.4) is 0 Å². The van der Waals surface area contributed by atoms with E-state index in [4.69, 9.17) is 4.74 Å². The van der Waals surface area contributed by atoms with Gasteiger partial charge in [-0.1, -0.05) is 13.8 Å². The molecule has 3 heteroatoms. The number of ether oxygens (including phenoxy) is 1. The number of hydrogen-bond acceptors (Lipinski definition) is 2. The monoisotopic (exact) mass is 253 g/mol. The van der Waals surface area contributed by atoms with Gasteiger partial charge in [0.25, 0.3) is 0 Å². The molecule has 0 aromatic rings. The van der Waals surface area contributed by atoms with Gasteiger partial charge in [-0.2, -0.15) is 0 Å². The van der Waals surface area contributed by atoms with E-state index in [1.165, 1.54) is 12.8 Å². The molecular formula is C15H27NO2. The van der Waals surface area contributed by atoms with Crippen molar-refractivity contribution in [3.05, 3.63) is 0 Å². The van der Waals surface area contributed by atoms with Crippen LogP contribution in [0.2, 0.25) is 0 Å². The van der Waals surface area contributed by atoms with Crippen LogP contribution in [-0.4, -0.2) is 36.6 Å². The van der Waals surface area contributed by atoms with Crippen LogP contribution in [0.5, 0.6) is 0 Å². The third kappa shape index (κ3) is 3.25. The fourth-order valence-corrected chi connectivity index (χ4v) is 3.02. The maximum atomic E-state index is 12.5. The van der Waals surface area contributed by atoms with Gasteiger partial charge in [-0.25, -0.2) is 0 Å². The van der Waals surface area contributed by atoms with Crippen molar-refractivity contribution in [1.82, 2.24) is 4.90 Å². The molecule has 2 rings (SSSR count). The van der Waals surface area contributed by atoms with Crippen molar-refractivity contribution in [2.75, 3.05) is 19.8 Å². The van der Waals surface area contributed by atoms with Gasteiger partial charge in [0.1, 0.15) is 0 Å². The highest BCUT2D eigenvalue weighted by Crippen LogP contribution is 2.39. The molecule has 2 aliphatic rings. The van der Waals surface area contributed by atoms with E-state index in [9.17, 15) is 4.79 Å². The minimum atomic E-state index is 0.218. The standard InChI is InChI=1S/C15H27NO2/c1-3-9-16(13-5-6-13)14(17)12-15(4-2)7-10-18-11-8-15/h13H,3-12H2,1-2H3. The van der Waals surface area contributed by atoms with Crippen molar-refractivity contribution >= 4 is 5.91 Å². The van der Waals surface area contributed by atoms with E-state index in [1.54, 1.807) is 0 Å². The normalized spacial score (nSPS) is 22.8. The van der Waals surface area contributed by atoms with Crippen LogP contribution in [0.15, 0.2) is 0 Å². The van der Waals surface area contributed by atoms with E-state index >= 15 is 0 Å². The smallest absolute Gasteiger partial charge is 0.223 e. The zero-order chi connectivity index (χ0) is 13.0. The van der Waals surface area contributed by atoms with Crippen LogP contribution in [0.4, 0.5) is 0 Å². The summed E-state index contributed by atoms with van der Waals surface area (Å²) in [5.41, 5.74) is 0.218.